The maximum atomic E-state index is 13.6. The Balaban J connectivity index is 1.40. The Hall–Kier alpha value is -2.57. The number of carbonyl (C=O) groups is 1. The van der Waals surface area contributed by atoms with Crippen molar-refractivity contribution in [3.05, 3.63) is 64.6 Å². The first-order chi connectivity index (χ1) is 13.5. The third kappa shape index (κ3) is 3.84. The van der Waals surface area contributed by atoms with Crippen LogP contribution in [0.1, 0.15) is 16.1 Å². The second kappa shape index (κ2) is 7.81. The molecule has 0 atom stereocenters. The van der Waals surface area contributed by atoms with E-state index in [0.717, 1.165) is 10.9 Å². The molecule has 1 aliphatic heterocycles. The number of benzene rings is 2. The first-order valence-corrected chi connectivity index (χ1v) is 9.44. The van der Waals surface area contributed by atoms with E-state index in [9.17, 15) is 9.18 Å². The predicted octanol–water partition coefficient (Wildman–Crippen LogP) is 4.19. The summed E-state index contributed by atoms with van der Waals surface area (Å²) in [6.45, 7) is 3.11. The summed E-state index contributed by atoms with van der Waals surface area (Å²) in [5.74, 6) is 0.572. The maximum Gasteiger partial charge on any atom is 0.289 e. The van der Waals surface area contributed by atoms with Gasteiger partial charge in [0.1, 0.15) is 17.1 Å². The minimum Gasteiger partial charge on any atom is -0.496 e. The second-order valence-electron chi connectivity index (χ2n) is 6.82. The molecule has 2 heterocycles. The minimum absolute atomic E-state index is 0.129. The van der Waals surface area contributed by atoms with E-state index in [1.54, 1.807) is 42.3 Å². The molecule has 0 unspecified atom stereocenters. The van der Waals surface area contributed by atoms with Crippen LogP contribution in [0.3, 0.4) is 0 Å². The number of halogens is 2. The van der Waals surface area contributed by atoms with E-state index >= 15 is 0 Å². The van der Waals surface area contributed by atoms with Crippen LogP contribution in [0.2, 0.25) is 5.02 Å². The van der Waals surface area contributed by atoms with Crippen LogP contribution in [0.4, 0.5) is 4.39 Å². The van der Waals surface area contributed by atoms with Crippen LogP contribution in [0.15, 0.2) is 46.9 Å². The smallest absolute Gasteiger partial charge is 0.289 e. The molecule has 0 bridgehead atoms. The quantitative estimate of drug-likeness (QED) is 0.656. The number of rotatable bonds is 4. The summed E-state index contributed by atoms with van der Waals surface area (Å²) in [6, 6.07) is 11.5. The highest BCUT2D eigenvalue weighted by Crippen LogP contribution is 2.25. The third-order valence-electron chi connectivity index (χ3n) is 4.99. The Morgan fingerprint density at radius 3 is 2.68 bits per heavy atom. The van der Waals surface area contributed by atoms with Crippen molar-refractivity contribution in [1.29, 1.82) is 0 Å². The molecule has 1 aromatic heterocycles. The number of ether oxygens (including phenoxy) is 1. The minimum atomic E-state index is -0.283. The molecule has 1 fully saturated rings. The number of amides is 1. The Bertz CT molecular complexity index is 1010. The molecule has 2 aromatic carbocycles. The lowest BCUT2D eigenvalue weighted by molar-refractivity contribution is 0.0599. The lowest BCUT2D eigenvalue weighted by Crippen LogP contribution is -2.48. The van der Waals surface area contributed by atoms with E-state index in [0.29, 0.717) is 54.8 Å². The Morgan fingerprint density at radius 1 is 1.14 bits per heavy atom. The van der Waals surface area contributed by atoms with Gasteiger partial charge in [0.2, 0.25) is 0 Å². The maximum absolute atomic E-state index is 13.6. The molecule has 1 amide bonds. The molecule has 1 aliphatic rings. The van der Waals surface area contributed by atoms with Crippen molar-refractivity contribution in [2.45, 2.75) is 6.54 Å². The molecule has 1 saturated heterocycles. The summed E-state index contributed by atoms with van der Waals surface area (Å²) in [6.07, 6.45) is 0. The molecule has 0 spiro atoms. The van der Waals surface area contributed by atoms with Crippen molar-refractivity contribution in [3.8, 4) is 5.75 Å². The highest BCUT2D eigenvalue weighted by molar-refractivity contribution is 6.31. The van der Waals surface area contributed by atoms with Crippen molar-refractivity contribution in [2.75, 3.05) is 33.3 Å². The number of piperazine rings is 1. The van der Waals surface area contributed by atoms with Gasteiger partial charge in [-0.2, -0.15) is 0 Å². The number of carbonyl (C=O) groups excluding carboxylic acids is 1. The lowest BCUT2D eigenvalue weighted by atomic mass is 10.1. The van der Waals surface area contributed by atoms with Gasteiger partial charge in [-0.15, -0.1) is 0 Å². The van der Waals surface area contributed by atoms with E-state index in [1.807, 2.05) is 0 Å². The molecular formula is C21H20ClFN2O3. The number of furan rings is 1. The Labute approximate surface area is 167 Å². The molecule has 146 valence electrons. The summed E-state index contributed by atoms with van der Waals surface area (Å²) in [4.78, 5) is 16.7. The van der Waals surface area contributed by atoms with Crippen LogP contribution >= 0.6 is 11.6 Å². The summed E-state index contributed by atoms with van der Waals surface area (Å²) in [7, 11) is 1.58. The second-order valence-corrected chi connectivity index (χ2v) is 7.25. The highest BCUT2D eigenvalue weighted by atomic mass is 35.5. The lowest BCUT2D eigenvalue weighted by Gasteiger charge is -2.34. The molecule has 0 N–H and O–H groups in total. The summed E-state index contributed by atoms with van der Waals surface area (Å²) >= 11 is 6.00. The molecule has 0 aliphatic carbocycles. The molecule has 3 aromatic rings. The first kappa shape index (κ1) is 18.8. The monoisotopic (exact) mass is 402 g/mol. The van der Waals surface area contributed by atoms with E-state index < -0.39 is 0 Å². The summed E-state index contributed by atoms with van der Waals surface area (Å²) in [5, 5.41) is 1.42. The van der Waals surface area contributed by atoms with E-state index in [-0.39, 0.29) is 11.7 Å². The zero-order valence-corrected chi connectivity index (χ0v) is 16.2. The molecule has 0 radical (unpaired) electrons. The predicted molar refractivity (Wildman–Crippen MR) is 105 cm³/mol. The van der Waals surface area contributed by atoms with Gasteiger partial charge in [0, 0.05) is 48.7 Å². The number of hydrogen-bond donors (Lipinski definition) is 0. The van der Waals surface area contributed by atoms with Gasteiger partial charge >= 0.3 is 0 Å². The standard InChI is InChI=1S/C21H20ClFN2O3/c1-27-18-5-3-17(23)11-15(18)13-24-6-8-25(9-7-24)21(26)20-12-14-10-16(22)2-4-19(14)28-20/h2-5,10-12H,6-9,13H2,1H3. The van der Waals surface area contributed by atoms with Crippen LogP contribution in [0.25, 0.3) is 11.0 Å². The van der Waals surface area contributed by atoms with Gasteiger partial charge in [0.15, 0.2) is 5.76 Å². The third-order valence-corrected chi connectivity index (χ3v) is 5.22. The molecule has 28 heavy (non-hydrogen) atoms. The Morgan fingerprint density at radius 2 is 1.93 bits per heavy atom. The van der Waals surface area contributed by atoms with Crippen LogP contribution in [0.5, 0.6) is 5.75 Å². The van der Waals surface area contributed by atoms with Crippen LogP contribution in [-0.2, 0) is 6.54 Å². The fraction of sp³-hybridized carbons (Fsp3) is 0.286. The topological polar surface area (TPSA) is 45.9 Å². The largest absolute Gasteiger partial charge is 0.496 e. The number of fused-ring (bicyclic) bond motifs is 1. The number of hydrogen-bond acceptors (Lipinski definition) is 4. The van der Waals surface area contributed by atoms with Crippen LogP contribution in [0, 0.1) is 5.82 Å². The first-order valence-electron chi connectivity index (χ1n) is 9.06. The normalized spacial score (nSPS) is 15.2. The van der Waals surface area contributed by atoms with Gasteiger partial charge in [-0.3, -0.25) is 9.69 Å². The highest BCUT2D eigenvalue weighted by Gasteiger charge is 2.25. The molecule has 5 nitrogen and oxygen atoms in total. The summed E-state index contributed by atoms with van der Waals surface area (Å²) in [5.41, 5.74) is 1.45. The van der Waals surface area contributed by atoms with Crippen molar-refractivity contribution in [2.24, 2.45) is 0 Å². The van der Waals surface area contributed by atoms with Gasteiger partial charge in [-0.1, -0.05) is 11.6 Å². The Kier molecular flexibility index (Phi) is 5.24. The van der Waals surface area contributed by atoms with E-state index in [4.69, 9.17) is 20.8 Å². The number of methoxy groups -OCH3 is 1. The number of nitrogens with zero attached hydrogens (tertiary/aromatic N) is 2. The molecular weight excluding hydrogens is 383 g/mol. The van der Waals surface area contributed by atoms with E-state index in [2.05, 4.69) is 4.90 Å². The molecule has 4 rings (SSSR count). The van der Waals surface area contributed by atoms with Crippen LogP contribution < -0.4 is 4.74 Å². The summed E-state index contributed by atoms with van der Waals surface area (Å²) < 4.78 is 24.6. The van der Waals surface area contributed by atoms with Crippen molar-refractivity contribution in [3.63, 3.8) is 0 Å². The van der Waals surface area contributed by atoms with Gasteiger partial charge in [0.25, 0.3) is 5.91 Å². The molecule has 0 saturated carbocycles. The van der Waals surface area contributed by atoms with Gasteiger partial charge in [-0.05, 0) is 42.5 Å². The average molecular weight is 403 g/mol. The van der Waals surface area contributed by atoms with Gasteiger partial charge < -0.3 is 14.1 Å². The van der Waals surface area contributed by atoms with Crippen LogP contribution in [-0.4, -0.2) is 49.0 Å². The van der Waals surface area contributed by atoms with Crippen molar-refractivity contribution >= 4 is 28.5 Å². The van der Waals surface area contributed by atoms with E-state index in [1.165, 1.54) is 12.1 Å². The average Bonchev–Trinajstić information content (AvgIpc) is 3.11. The zero-order chi connectivity index (χ0) is 19.7. The fourth-order valence-electron chi connectivity index (χ4n) is 3.50. The zero-order valence-electron chi connectivity index (χ0n) is 15.5. The van der Waals surface area contributed by atoms with Crippen molar-refractivity contribution < 1.29 is 18.3 Å². The van der Waals surface area contributed by atoms with Crippen molar-refractivity contribution in [1.82, 2.24) is 9.80 Å². The van der Waals surface area contributed by atoms with Gasteiger partial charge in [-0.25, -0.2) is 4.39 Å². The fourth-order valence-corrected chi connectivity index (χ4v) is 3.68. The molecule has 7 heteroatoms. The van der Waals surface area contributed by atoms with Gasteiger partial charge in [0.05, 0.1) is 7.11 Å². The SMILES string of the molecule is COc1ccc(F)cc1CN1CCN(C(=O)c2cc3cc(Cl)ccc3o2)CC1.